The van der Waals surface area contributed by atoms with E-state index in [2.05, 4.69) is 139 Å². The lowest BCUT2D eigenvalue weighted by atomic mass is 9.82. The van der Waals surface area contributed by atoms with Crippen molar-refractivity contribution in [3.8, 4) is 50.6 Å². The number of nitrogens with zero attached hydrogens (tertiary/aromatic N) is 5. The maximum absolute atomic E-state index is 5.12. The summed E-state index contributed by atoms with van der Waals surface area (Å²) in [5, 5.41) is 2.09. The molecule has 5 aromatic carbocycles. The van der Waals surface area contributed by atoms with Gasteiger partial charge >= 0.3 is 0 Å². The first-order valence-corrected chi connectivity index (χ1v) is 15.9. The molecule has 8 aromatic rings. The lowest BCUT2D eigenvalue weighted by Gasteiger charge is -2.21. The van der Waals surface area contributed by atoms with Crippen molar-refractivity contribution >= 4 is 21.8 Å². The predicted octanol–water partition coefficient (Wildman–Crippen LogP) is 9.16. The van der Waals surface area contributed by atoms with E-state index in [0.29, 0.717) is 5.82 Å². The molecule has 3 heterocycles. The van der Waals surface area contributed by atoms with E-state index in [1.807, 2.05) is 29.2 Å². The number of benzene rings is 5. The van der Waals surface area contributed by atoms with Crippen LogP contribution in [0.15, 0.2) is 146 Å². The maximum atomic E-state index is 5.12. The van der Waals surface area contributed by atoms with Crippen molar-refractivity contribution in [3.63, 3.8) is 0 Å². The van der Waals surface area contributed by atoms with Crippen molar-refractivity contribution in [1.29, 1.82) is 0 Å². The van der Waals surface area contributed by atoms with Crippen molar-refractivity contribution in [3.05, 3.63) is 157 Å². The molecule has 0 unspecified atom stereocenters. The van der Waals surface area contributed by atoms with Crippen LogP contribution in [-0.4, -0.2) is 19.9 Å². The number of pyridine rings is 2. The molecule has 0 aliphatic heterocycles. The van der Waals surface area contributed by atoms with Crippen LogP contribution in [-0.2, 0) is 5.41 Å². The summed E-state index contributed by atoms with van der Waals surface area (Å²) in [5.41, 5.74) is 13.3. The van der Waals surface area contributed by atoms with Gasteiger partial charge in [-0.3, -0.25) is 4.98 Å². The van der Waals surface area contributed by atoms with E-state index in [0.717, 1.165) is 55.4 Å². The van der Waals surface area contributed by atoms with Gasteiger partial charge in [-0.1, -0.05) is 115 Å². The van der Waals surface area contributed by atoms with E-state index in [1.54, 1.807) is 6.33 Å². The molecule has 47 heavy (non-hydrogen) atoms. The third-order valence-electron chi connectivity index (χ3n) is 9.54. The van der Waals surface area contributed by atoms with Crippen LogP contribution < -0.4 is 4.57 Å². The highest BCUT2D eigenvalue weighted by molar-refractivity contribution is 6.03. The molecular weight excluding hydrogens is 574 g/mol. The molecule has 222 valence electrons. The number of hydrogen-bond acceptors (Lipinski definition) is 4. The minimum absolute atomic E-state index is 0.0403. The van der Waals surface area contributed by atoms with Crippen LogP contribution in [0.1, 0.15) is 25.0 Å². The van der Waals surface area contributed by atoms with E-state index >= 15 is 0 Å². The second-order valence-electron chi connectivity index (χ2n) is 12.7. The predicted molar refractivity (Wildman–Crippen MR) is 188 cm³/mol. The van der Waals surface area contributed by atoms with Crippen LogP contribution in [0.4, 0.5) is 0 Å². The second kappa shape index (κ2) is 10.5. The van der Waals surface area contributed by atoms with Crippen LogP contribution >= 0.6 is 0 Å². The fraction of sp³-hybridized carbons (Fsp3) is 0.0714. The number of fused-ring (bicyclic) bond motifs is 6. The fourth-order valence-electron chi connectivity index (χ4n) is 7.14. The molecule has 0 atom stereocenters. The molecule has 0 saturated carbocycles. The average molecular weight is 605 g/mol. The van der Waals surface area contributed by atoms with Crippen LogP contribution in [0.3, 0.4) is 0 Å². The van der Waals surface area contributed by atoms with E-state index in [-0.39, 0.29) is 5.41 Å². The first-order chi connectivity index (χ1) is 23.0. The minimum Gasteiger partial charge on any atom is -0.254 e. The first-order valence-electron chi connectivity index (χ1n) is 15.9. The Balaban J connectivity index is 1.24. The molecule has 5 heteroatoms. The third-order valence-corrected chi connectivity index (χ3v) is 9.54. The summed E-state index contributed by atoms with van der Waals surface area (Å²) in [4.78, 5) is 19.0. The first kappa shape index (κ1) is 27.3. The highest BCUT2D eigenvalue weighted by atomic mass is 15.1. The Labute approximate surface area is 272 Å². The highest BCUT2D eigenvalue weighted by Gasteiger charge is 2.35. The van der Waals surface area contributed by atoms with Gasteiger partial charge in [-0.2, -0.15) is 4.57 Å². The summed E-state index contributed by atoms with van der Waals surface area (Å²) in [5.74, 6) is 0.704. The van der Waals surface area contributed by atoms with Crippen LogP contribution in [0.25, 0.3) is 72.4 Å². The summed E-state index contributed by atoms with van der Waals surface area (Å²) in [6.07, 6.45) is 5.22. The molecule has 0 amide bonds. The van der Waals surface area contributed by atoms with Gasteiger partial charge in [0.05, 0.1) is 11.0 Å². The van der Waals surface area contributed by atoms with Crippen molar-refractivity contribution in [2.75, 3.05) is 0 Å². The zero-order valence-corrected chi connectivity index (χ0v) is 26.1. The Kier molecular flexibility index (Phi) is 6.09. The van der Waals surface area contributed by atoms with E-state index in [4.69, 9.17) is 9.97 Å². The van der Waals surface area contributed by atoms with Crippen LogP contribution in [0.2, 0.25) is 0 Å². The van der Waals surface area contributed by atoms with Gasteiger partial charge in [-0.15, -0.1) is 0 Å². The molecule has 0 spiro atoms. The van der Waals surface area contributed by atoms with E-state index in [9.17, 15) is 0 Å². The third kappa shape index (κ3) is 4.43. The van der Waals surface area contributed by atoms with Crippen molar-refractivity contribution in [1.82, 2.24) is 19.9 Å². The molecule has 9 rings (SSSR count). The molecule has 0 saturated heterocycles. The van der Waals surface area contributed by atoms with Gasteiger partial charge in [0, 0.05) is 22.4 Å². The van der Waals surface area contributed by atoms with Gasteiger partial charge in [0.25, 0.3) is 12.2 Å². The molecule has 1 aliphatic rings. The lowest BCUT2D eigenvalue weighted by molar-refractivity contribution is -0.590. The average Bonchev–Trinajstić information content (AvgIpc) is 3.37. The lowest BCUT2D eigenvalue weighted by Crippen LogP contribution is -2.35. The second-order valence-corrected chi connectivity index (χ2v) is 12.7. The Morgan fingerprint density at radius 3 is 2.17 bits per heavy atom. The summed E-state index contributed by atoms with van der Waals surface area (Å²) in [6.45, 7) is 4.64. The fourth-order valence-corrected chi connectivity index (χ4v) is 7.14. The molecule has 1 aliphatic carbocycles. The smallest absolute Gasteiger partial charge is 0.254 e. The number of hydrogen-bond donors (Lipinski definition) is 0. The minimum atomic E-state index is -0.0403. The molecule has 0 bridgehead atoms. The van der Waals surface area contributed by atoms with Gasteiger partial charge in [0.2, 0.25) is 6.33 Å². The van der Waals surface area contributed by atoms with Gasteiger partial charge in [0.15, 0.2) is 0 Å². The zero-order valence-electron chi connectivity index (χ0n) is 26.1. The van der Waals surface area contributed by atoms with Crippen molar-refractivity contribution < 1.29 is 4.57 Å². The number of aromatic nitrogens is 5. The normalized spacial score (nSPS) is 13.1. The van der Waals surface area contributed by atoms with E-state index in [1.165, 1.54) is 22.3 Å². The standard InChI is InChI=1S/C42H30N5/c1-42(2)36-13-7-6-12-34(36)35-24-30(16-18-37(35)42)32-21-31(27-9-4-3-5-10-27)22-33(23-32)47-26-43-25-45-41(47)38-19-17-29-15-14-28-11-8-20-44-39(28)40(29)46-38/h3-26H,1-2H3/q+1. The Morgan fingerprint density at radius 1 is 0.553 bits per heavy atom. The molecular formula is C42H30N5+. The molecule has 0 N–H and O–H groups in total. The Morgan fingerprint density at radius 2 is 1.30 bits per heavy atom. The Bertz CT molecular complexity index is 2500. The topological polar surface area (TPSA) is 55.4 Å². The monoisotopic (exact) mass is 604 g/mol. The Hall–Kier alpha value is -6.07. The quantitative estimate of drug-likeness (QED) is 0.148. The van der Waals surface area contributed by atoms with Crippen molar-refractivity contribution in [2.24, 2.45) is 0 Å². The molecule has 3 aromatic heterocycles. The SMILES string of the molecule is CC1(C)c2ccccc2-c2cc(-c3cc(-c4ccccc4)cc(-[n+]4cncnc4-c4ccc5ccc6cccnc6c5n4)c3)ccc21. The van der Waals surface area contributed by atoms with Gasteiger partial charge in [-0.25, -0.2) is 4.98 Å². The van der Waals surface area contributed by atoms with Crippen LogP contribution in [0, 0.1) is 0 Å². The van der Waals surface area contributed by atoms with E-state index < -0.39 is 0 Å². The van der Waals surface area contributed by atoms with Gasteiger partial charge in [-0.05, 0) is 80.9 Å². The summed E-state index contributed by atoms with van der Waals surface area (Å²) in [7, 11) is 0. The van der Waals surface area contributed by atoms with Gasteiger partial charge in [0.1, 0.15) is 11.4 Å². The molecule has 5 nitrogen and oxygen atoms in total. The molecule has 0 fully saturated rings. The number of rotatable bonds is 4. The summed E-state index contributed by atoms with van der Waals surface area (Å²) >= 11 is 0. The van der Waals surface area contributed by atoms with Crippen LogP contribution in [0.5, 0.6) is 0 Å². The largest absolute Gasteiger partial charge is 0.296 e. The van der Waals surface area contributed by atoms with Crippen molar-refractivity contribution in [2.45, 2.75) is 19.3 Å². The summed E-state index contributed by atoms with van der Waals surface area (Å²) < 4.78 is 2.04. The zero-order chi connectivity index (χ0) is 31.5. The van der Waals surface area contributed by atoms with Gasteiger partial charge < -0.3 is 0 Å². The maximum Gasteiger partial charge on any atom is 0.296 e. The highest BCUT2D eigenvalue weighted by Crippen LogP contribution is 2.49. The summed E-state index contributed by atoms with van der Waals surface area (Å²) in [6, 6.07) is 45.3. The molecule has 0 radical (unpaired) electrons.